The van der Waals surface area contributed by atoms with Crippen molar-refractivity contribution in [2.75, 3.05) is 12.1 Å². The molecule has 2 amide bonds. The van der Waals surface area contributed by atoms with Gasteiger partial charge in [-0.25, -0.2) is 9.99 Å². The fourth-order valence-electron chi connectivity index (χ4n) is 2.77. The highest BCUT2D eigenvalue weighted by Crippen LogP contribution is 2.25. The number of nitrogens with one attached hydrogen (secondary N) is 1. The van der Waals surface area contributed by atoms with E-state index in [1.807, 2.05) is 38.1 Å². The quantitative estimate of drug-likeness (QED) is 0.881. The summed E-state index contributed by atoms with van der Waals surface area (Å²) in [6.45, 7) is 4.20. The van der Waals surface area contributed by atoms with Gasteiger partial charge in [-0.2, -0.15) is 5.10 Å². The summed E-state index contributed by atoms with van der Waals surface area (Å²) in [5, 5.41) is 8.50. The predicted octanol–water partition coefficient (Wildman–Crippen LogP) is 2.51. The average molecular weight is 366 g/mol. The van der Waals surface area contributed by atoms with E-state index in [4.69, 9.17) is 4.74 Å². The first-order chi connectivity index (χ1) is 13.0. The van der Waals surface area contributed by atoms with Crippen LogP contribution >= 0.6 is 0 Å². The van der Waals surface area contributed by atoms with Gasteiger partial charge in [-0.15, -0.1) is 0 Å². The van der Waals surface area contributed by atoms with Crippen LogP contribution in [0.5, 0.6) is 5.88 Å². The van der Waals surface area contributed by atoms with Crippen LogP contribution in [0.1, 0.15) is 29.5 Å². The van der Waals surface area contributed by atoms with Crippen LogP contribution in [0.2, 0.25) is 0 Å². The van der Waals surface area contributed by atoms with E-state index in [1.54, 1.807) is 19.4 Å². The first-order valence-electron chi connectivity index (χ1n) is 8.72. The number of rotatable bonds is 5. The molecular weight excluding hydrogens is 344 g/mol. The molecule has 1 aromatic carbocycles. The maximum atomic E-state index is 12.5. The van der Waals surface area contributed by atoms with Crippen LogP contribution in [0, 0.1) is 13.8 Å². The van der Waals surface area contributed by atoms with Crippen LogP contribution < -0.4 is 15.1 Å². The third-order valence-corrected chi connectivity index (χ3v) is 4.35. The number of pyridine rings is 1. The van der Waals surface area contributed by atoms with Crippen molar-refractivity contribution < 1.29 is 14.3 Å². The van der Waals surface area contributed by atoms with Gasteiger partial charge in [0.05, 0.1) is 12.8 Å². The molecule has 1 N–H and O–H groups in total. The van der Waals surface area contributed by atoms with Gasteiger partial charge in [0.15, 0.2) is 0 Å². The number of aromatic nitrogens is 1. The molecule has 2 heterocycles. The molecule has 0 saturated heterocycles. The minimum Gasteiger partial charge on any atom is -0.481 e. The van der Waals surface area contributed by atoms with E-state index in [0.717, 1.165) is 16.7 Å². The van der Waals surface area contributed by atoms with E-state index in [1.165, 1.54) is 5.01 Å². The number of methoxy groups -OCH3 is 1. The third-order valence-electron chi connectivity index (χ3n) is 4.35. The molecule has 2 aromatic rings. The summed E-state index contributed by atoms with van der Waals surface area (Å²) in [4.78, 5) is 28.9. The summed E-state index contributed by atoms with van der Waals surface area (Å²) in [6.07, 6.45) is 2.23. The van der Waals surface area contributed by atoms with Crippen molar-refractivity contribution in [1.29, 1.82) is 0 Å². The zero-order chi connectivity index (χ0) is 19.4. The highest BCUT2D eigenvalue weighted by Gasteiger charge is 2.26. The van der Waals surface area contributed by atoms with E-state index >= 15 is 0 Å². The van der Waals surface area contributed by atoms with Crippen LogP contribution in [-0.2, 0) is 16.1 Å². The summed E-state index contributed by atoms with van der Waals surface area (Å²) in [5.41, 5.74) is 3.87. The number of carbonyl (C=O) groups excluding carboxylic acids is 2. The number of hydrogen-bond donors (Lipinski definition) is 1. The lowest BCUT2D eigenvalue weighted by molar-refractivity contribution is -0.119. The molecule has 0 atom stereocenters. The van der Waals surface area contributed by atoms with Gasteiger partial charge in [-0.3, -0.25) is 9.59 Å². The molecule has 7 heteroatoms. The fourth-order valence-corrected chi connectivity index (χ4v) is 2.77. The van der Waals surface area contributed by atoms with E-state index in [9.17, 15) is 9.59 Å². The lowest BCUT2D eigenvalue weighted by Crippen LogP contribution is -2.39. The summed E-state index contributed by atoms with van der Waals surface area (Å²) < 4.78 is 5.02. The van der Waals surface area contributed by atoms with Crippen molar-refractivity contribution in [2.45, 2.75) is 33.2 Å². The summed E-state index contributed by atoms with van der Waals surface area (Å²) >= 11 is 0. The second-order valence-corrected chi connectivity index (χ2v) is 6.43. The maximum absolute atomic E-state index is 12.5. The third kappa shape index (κ3) is 4.31. The molecule has 27 heavy (non-hydrogen) atoms. The molecular formula is C20H22N4O3. The molecule has 3 rings (SSSR count). The largest absolute Gasteiger partial charge is 0.481 e. The standard InChI is InChI=1S/C20H22N4O3/c1-13-4-5-14(2)17(10-13)24-19(25)9-7-16(23-24)20(26)22-12-15-6-8-18(27-3)21-11-15/h4-6,8,10-11H,7,9,12H2,1-3H3,(H,22,26). The Kier molecular flexibility index (Phi) is 5.49. The molecule has 0 spiro atoms. The Labute approximate surface area is 158 Å². The van der Waals surface area contributed by atoms with Crippen LogP contribution in [0.25, 0.3) is 0 Å². The minimum atomic E-state index is -0.284. The molecule has 140 valence electrons. The number of nitrogens with zero attached hydrogens (tertiary/aromatic N) is 3. The summed E-state index contributed by atoms with van der Waals surface area (Å²) in [5.74, 6) is 0.123. The number of amides is 2. The SMILES string of the molecule is COc1ccc(CNC(=O)C2=NN(c3cc(C)ccc3C)C(=O)CC2)cn1. The smallest absolute Gasteiger partial charge is 0.267 e. The molecule has 0 radical (unpaired) electrons. The average Bonchev–Trinajstić information content (AvgIpc) is 2.69. The lowest BCUT2D eigenvalue weighted by atomic mass is 10.1. The number of aryl methyl sites for hydroxylation is 2. The lowest BCUT2D eigenvalue weighted by Gasteiger charge is -2.24. The van der Waals surface area contributed by atoms with Gasteiger partial charge in [-0.1, -0.05) is 18.2 Å². The number of hydrazone groups is 1. The van der Waals surface area contributed by atoms with Crippen LogP contribution in [0.15, 0.2) is 41.6 Å². The Hall–Kier alpha value is -3.22. The van der Waals surface area contributed by atoms with Crippen molar-refractivity contribution in [3.8, 4) is 5.88 Å². The van der Waals surface area contributed by atoms with E-state index in [-0.39, 0.29) is 18.2 Å². The van der Waals surface area contributed by atoms with Crippen LogP contribution in [0.3, 0.4) is 0 Å². The van der Waals surface area contributed by atoms with E-state index in [0.29, 0.717) is 30.2 Å². The van der Waals surface area contributed by atoms with Crippen LogP contribution in [0.4, 0.5) is 5.69 Å². The zero-order valence-corrected chi connectivity index (χ0v) is 15.7. The van der Waals surface area contributed by atoms with Gasteiger partial charge in [0.25, 0.3) is 5.91 Å². The Morgan fingerprint density at radius 3 is 2.74 bits per heavy atom. The molecule has 0 bridgehead atoms. The Bertz CT molecular complexity index is 891. The molecule has 7 nitrogen and oxygen atoms in total. The summed E-state index contributed by atoms with van der Waals surface area (Å²) in [7, 11) is 1.55. The first kappa shape index (κ1) is 18.6. The normalized spacial score (nSPS) is 14.0. The van der Waals surface area contributed by atoms with Gasteiger partial charge < -0.3 is 10.1 Å². The zero-order valence-electron chi connectivity index (χ0n) is 15.7. The summed E-state index contributed by atoms with van der Waals surface area (Å²) in [6, 6.07) is 9.40. The number of hydrogen-bond acceptors (Lipinski definition) is 5. The van der Waals surface area contributed by atoms with Crippen molar-refractivity contribution in [3.05, 3.63) is 53.2 Å². The molecule has 1 aliphatic heterocycles. The predicted molar refractivity (Wildman–Crippen MR) is 103 cm³/mol. The Balaban J connectivity index is 1.73. The van der Waals surface area contributed by atoms with Crippen molar-refractivity contribution in [3.63, 3.8) is 0 Å². The van der Waals surface area contributed by atoms with Crippen LogP contribution in [-0.4, -0.2) is 29.6 Å². The van der Waals surface area contributed by atoms with Gasteiger partial charge in [0.2, 0.25) is 11.8 Å². The van der Waals surface area contributed by atoms with Crippen molar-refractivity contribution >= 4 is 23.2 Å². The molecule has 1 aliphatic rings. The number of carbonyl (C=O) groups is 2. The number of anilines is 1. The highest BCUT2D eigenvalue weighted by molar-refractivity contribution is 6.40. The first-order valence-corrected chi connectivity index (χ1v) is 8.72. The highest BCUT2D eigenvalue weighted by atomic mass is 16.5. The topological polar surface area (TPSA) is 83.9 Å². The molecule has 0 fully saturated rings. The van der Waals surface area contributed by atoms with Gasteiger partial charge >= 0.3 is 0 Å². The molecule has 0 saturated carbocycles. The van der Waals surface area contributed by atoms with Crippen molar-refractivity contribution in [1.82, 2.24) is 10.3 Å². The fraction of sp³-hybridized carbons (Fsp3) is 0.300. The Morgan fingerprint density at radius 1 is 1.22 bits per heavy atom. The second-order valence-electron chi connectivity index (χ2n) is 6.43. The van der Waals surface area contributed by atoms with E-state index < -0.39 is 0 Å². The van der Waals surface area contributed by atoms with E-state index in [2.05, 4.69) is 15.4 Å². The maximum Gasteiger partial charge on any atom is 0.267 e. The van der Waals surface area contributed by atoms with Gasteiger partial charge in [0, 0.05) is 31.6 Å². The Morgan fingerprint density at radius 2 is 2.04 bits per heavy atom. The second kappa shape index (κ2) is 7.99. The minimum absolute atomic E-state index is 0.111. The molecule has 0 unspecified atom stereocenters. The molecule has 0 aliphatic carbocycles. The number of ether oxygens (including phenoxy) is 1. The monoisotopic (exact) mass is 366 g/mol. The number of benzene rings is 1. The van der Waals surface area contributed by atoms with Gasteiger partial charge in [-0.05, 0) is 36.6 Å². The molecule has 1 aromatic heterocycles. The van der Waals surface area contributed by atoms with Gasteiger partial charge in [0.1, 0.15) is 5.71 Å². The van der Waals surface area contributed by atoms with Crippen molar-refractivity contribution in [2.24, 2.45) is 5.10 Å².